The van der Waals surface area contributed by atoms with Gasteiger partial charge in [0.05, 0.1) is 13.2 Å². The van der Waals surface area contributed by atoms with E-state index in [4.69, 9.17) is 14.6 Å². The van der Waals surface area contributed by atoms with E-state index in [0.29, 0.717) is 19.1 Å². The number of aliphatic hydroxyl groups is 1. The third kappa shape index (κ3) is 3.25. The number of hydrogen-bond acceptors (Lipinski definition) is 3. The third-order valence-electron chi connectivity index (χ3n) is 2.47. The van der Waals surface area contributed by atoms with Crippen molar-refractivity contribution in [2.75, 3.05) is 13.2 Å². The Morgan fingerprint density at radius 3 is 2.38 bits per heavy atom. The maximum Gasteiger partial charge on any atom is 0.160 e. The first-order valence-corrected chi connectivity index (χ1v) is 5.19. The van der Waals surface area contributed by atoms with Crippen LogP contribution in [0.1, 0.15) is 33.1 Å². The van der Waals surface area contributed by atoms with Crippen molar-refractivity contribution in [1.29, 1.82) is 0 Å². The molecule has 0 spiro atoms. The fourth-order valence-corrected chi connectivity index (χ4v) is 1.68. The Bertz CT molecular complexity index is 130. The van der Waals surface area contributed by atoms with Gasteiger partial charge in [0, 0.05) is 5.92 Å². The highest BCUT2D eigenvalue weighted by Crippen LogP contribution is 2.22. The molecule has 1 atom stereocenters. The summed E-state index contributed by atoms with van der Waals surface area (Å²) in [7, 11) is 0. The first kappa shape index (κ1) is 11.0. The summed E-state index contributed by atoms with van der Waals surface area (Å²) in [6.07, 6.45) is 2.85. The topological polar surface area (TPSA) is 38.7 Å². The molecule has 1 aliphatic rings. The van der Waals surface area contributed by atoms with Gasteiger partial charge in [-0.25, -0.2) is 0 Å². The summed E-state index contributed by atoms with van der Waals surface area (Å²) in [5.74, 6) is 0.484. The SMILES string of the molecule is CCCC(CC)C1OCC(O)CO1. The van der Waals surface area contributed by atoms with Crippen LogP contribution in [0.2, 0.25) is 0 Å². The first-order chi connectivity index (χ1) is 6.27. The molecule has 1 saturated heterocycles. The van der Waals surface area contributed by atoms with Gasteiger partial charge in [-0.2, -0.15) is 0 Å². The number of rotatable bonds is 4. The smallest absolute Gasteiger partial charge is 0.160 e. The quantitative estimate of drug-likeness (QED) is 0.727. The molecule has 78 valence electrons. The minimum atomic E-state index is -0.435. The molecule has 1 rings (SSSR count). The minimum Gasteiger partial charge on any atom is -0.388 e. The molecule has 0 radical (unpaired) electrons. The molecule has 0 bridgehead atoms. The molecule has 1 fully saturated rings. The lowest BCUT2D eigenvalue weighted by Gasteiger charge is -2.31. The van der Waals surface area contributed by atoms with E-state index < -0.39 is 6.10 Å². The summed E-state index contributed by atoms with van der Waals surface area (Å²) in [4.78, 5) is 0. The molecule has 1 unspecified atom stereocenters. The van der Waals surface area contributed by atoms with Crippen molar-refractivity contribution in [1.82, 2.24) is 0 Å². The minimum absolute atomic E-state index is 0.0895. The fraction of sp³-hybridized carbons (Fsp3) is 1.00. The van der Waals surface area contributed by atoms with E-state index in [1.807, 2.05) is 0 Å². The van der Waals surface area contributed by atoms with Crippen LogP contribution in [0.4, 0.5) is 0 Å². The van der Waals surface area contributed by atoms with Crippen LogP contribution >= 0.6 is 0 Å². The molecule has 1 heterocycles. The van der Waals surface area contributed by atoms with Gasteiger partial charge >= 0.3 is 0 Å². The zero-order valence-corrected chi connectivity index (χ0v) is 8.53. The number of aliphatic hydroxyl groups excluding tert-OH is 1. The average molecular weight is 188 g/mol. The van der Waals surface area contributed by atoms with E-state index in [2.05, 4.69) is 13.8 Å². The molecule has 3 heteroatoms. The molecule has 0 amide bonds. The lowest BCUT2D eigenvalue weighted by molar-refractivity contribution is -0.238. The molecule has 0 aromatic heterocycles. The highest BCUT2D eigenvalue weighted by Gasteiger charge is 2.26. The monoisotopic (exact) mass is 188 g/mol. The standard InChI is InChI=1S/C10H20O3/c1-3-5-8(4-2)10-12-6-9(11)7-13-10/h8-11H,3-7H2,1-2H3. The maximum absolute atomic E-state index is 9.16. The van der Waals surface area contributed by atoms with Crippen LogP contribution in [0.15, 0.2) is 0 Å². The average Bonchev–Trinajstić information content (AvgIpc) is 2.16. The number of ether oxygens (including phenoxy) is 2. The van der Waals surface area contributed by atoms with E-state index in [0.717, 1.165) is 19.3 Å². The summed E-state index contributed by atoms with van der Waals surface area (Å²) in [5.41, 5.74) is 0. The first-order valence-electron chi connectivity index (χ1n) is 5.19. The van der Waals surface area contributed by atoms with Crippen LogP contribution in [-0.4, -0.2) is 30.7 Å². The molecule has 0 saturated carbocycles. The van der Waals surface area contributed by atoms with Crippen molar-refractivity contribution in [3.05, 3.63) is 0 Å². The highest BCUT2D eigenvalue weighted by atomic mass is 16.7. The van der Waals surface area contributed by atoms with Crippen molar-refractivity contribution in [3.8, 4) is 0 Å². The summed E-state index contributed by atoms with van der Waals surface area (Å²) < 4.78 is 10.8. The molecular weight excluding hydrogens is 168 g/mol. The highest BCUT2D eigenvalue weighted by molar-refractivity contribution is 4.67. The van der Waals surface area contributed by atoms with Crippen LogP contribution in [0.25, 0.3) is 0 Å². The maximum atomic E-state index is 9.16. The van der Waals surface area contributed by atoms with Crippen molar-refractivity contribution in [2.45, 2.75) is 45.5 Å². The van der Waals surface area contributed by atoms with Gasteiger partial charge in [-0.3, -0.25) is 0 Å². The van der Waals surface area contributed by atoms with Gasteiger partial charge in [0.1, 0.15) is 6.10 Å². The molecule has 0 aliphatic carbocycles. The van der Waals surface area contributed by atoms with Crippen LogP contribution in [0.5, 0.6) is 0 Å². The molecule has 13 heavy (non-hydrogen) atoms. The Balaban J connectivity index is 2.32. The van der Waals surface area contributed by atoms with Crippen LogP contribution in [0.3, 0.4) is 0 Å². The van der Waals surface area contributed by atoms with Gasteiger partial charge in [0.2, 0.25) is 0 Å². The van der Waals surface area contributed by atoms with E-state index in [1.165, 1.54) is 0 Å². The Labute approximate surface area is 80.0 Å². The van der Waals surface area contributed by atoms with Gasteiger partial charge in [0.15, 0.2) is 6.29 Å². The summed E-state index contributed by atoms with van der Waals surface area (Å²) in [6.45, 7) is 5.16. The second kappa shape index (κ2) is 5.58. The van der Waals surface area contributed by atoms with Gasteiger partial charge in [0.25, 0.3) is 0 Å². The van der Waals surface area contributed by atoms with Gasteiger partial charge in [-0.1, -0.05) is 20.3 Å². The largest absolute Gasteiger partial charge is 0.388 e. The Hall–Kier alpha value is -0.120. The molecule has 3 nitrogen and oxygen atoms in total. The van der Waals surface area contributed by atoms with Crippen LogP contribution in [0, 0.1) is 5.92 Å². The zero-order chi connectivity index (χ0) is 9.68. The second-order valence-corrected chi connectivity index (χ2v) is 3.65. The van der Waals surface area contributed by atoms with Crippen molar-refractivity contribution in [2.24, 2.45) is 5.92 Å². The Kier molecular flexibility index (Phi) is 4.70. The van der Waals surface area contributed by atoms with Gasteiger partial charge in [-0.15, -0.1) is 0 Å². The Morgan fingerprint density at radius 1 is 1.31 bits per heavy atom. The third-order valence-corrected chi connectivity index (χ3v) is 2.47. The number of hydrogen-bond donors (Lipinski definition) is 1. The van der Waals surface area contributed by atoms with E-state index in [1.54, 1.807) is 0 Å². The van der Waals surface area contributed by atoms with Crippen molar-refractivity contribution < 1.29 is 14.6 Å². The normalized spacial score (nSPS) is 31.6. The Morgan fingerprint density at radius 2 is 1.92 bits per heavy atom. The van der Waals surface area contributed by atoms with Crippen molar-refractivity contribution in [3.63, 3.8) is 0 Å². The second-order valence-electron chi connectivity index (χ2n) is 3.65. The zero-order valence-electron chi connectivity index (χ0n) is 8.53. The van der Waals surface area contributed by atoms with E-state index in [9.17, 15) is 0 Å². The molecule has 0 aromatic rings. The van der Waals surface area contributed by atoms with Gasteiger partial charge < -0.3 is 14.6 Å². The fourth-order valence-electron chi connectivity index (χ4n) is 1.68. The summed E-state index contributed by atoms with van der Waals surface area (Å²) in [5, 5.41) is 9.16. The van der Waals surface area contributed by atoms with Crippen LogP contribution in [-0.2, 0) is 9.47 Å². The lowest BCUT2D eigenvalue weighted by atomic mass is 10.00. The molecule has 1 N–H and O–H groups in total. The molecule has 0 aromatic carbocycles. The van der Waals surface area contributed by atoms with Gasteiger partial charge in [-0.05, 0) is 12.8 Å². The van der Waals surface area contributed by atoms with E-state index >= 15 is 0 Å². The molecular formula is C10H20O3. The van der Waals surface area contributed by atoms with Crippen LogP contribution < -0.4 is 0 Å². The van der Waals surface area contributed by atoms with E-state index in [-0.39, 0.29) is 6.29 Å². The summed E-state index contributed by atoms with van der Waals surface area (Å²) in [6, 6.07) is 0. The predicted molar refractivity (Wildman–Crippen MR) is 50.4 cm³/mol. The van der Waals surface area contributed by atoms with Crippen molar-refractivity contribution >= 4 is 0 Å². The summed E-state index contributed by atoms with van der Waals surface area (Å²) >= 11 is 0. The lowest BCUT2D eigenvalue weighted by Crippen LogP contribution is -2.39. The molecule has 1 aliphatic heterocycles. The predicted octanol–water partition coefficient (Wildman–Crippen LogP) is 1.55.